The first-order valence-electron chi connectivity index (χ1n) is 7.79. The fraction of sp³-hybridized carbons (Fsp3) is 0.625. The van der Waals surface area contributed by atoms with Crippen LogP contribution in [0.25, 0.3) is 0 Å². The molecule has 1 aromatic carbocycles. The third kappa shape index (κ3) is 4.37. The van der Waals surface area contributed by atoms with Crippen LogP contribution < -0.4 is 9.47 Å². The normalized spacial score (nSPS) is 18.9. The van der Waals surface area contributed by atoms with E-state index in [1.54, 1.807) is 19.2 Å². The van der Waals surface area contributed by atoms with E-state index in [1.165, 1.54) is 24.6 Å². The van der Waals surface area contributed by atoms with Crippen LogP contribution in [0.4, 0.5) is 0 Å². The monoisotopic (exact) mass is 343 g/mol. The van der Waals surface area contributed by atoms with Crippen LogP contribution in [0.3, 0.4) is 0 Å². The van der Waals surface area contributed by atoms with Crippen molar-refractivity contribution in [3.05, 3.63) is 18.2 Å². The highest BCUT2D eigenvalue weighted by atomic mass is 32.2. The molecule has 0 N–H and O–H groups in total. The van der Waals surface area contributed by atoms with E-state index in [9.17, 15) is 8.42 Å². The maximum absolute atomic E-state index is 12.7. The fourth-order valence-electron chi connectivity index (χ4n) is 2.64. The van der Waals surface area contributed by atoms with Gasteiger partial charge in [0, 0.05) is 26.3 Å². The highest BCUT2D eigenvalue weighted by Crippen LogP contribution is 2.30. The largest absolute Gasteiger partial charge is 0.497 e. The van der Waals surface area contributed by atoms with Gasteiger partial charge in [-0.1, -0.05) is 0 Å². The van der Waals surface area contributed by atoms with Crippen molar-refractivity contribution in [2.75, 3.05) is 34.4 Å². The Labute approximate surface area is 138 Å². The third-order valence-electron chi connectivity index (χ3n) is 4.10. The summed E-state index contributed by atoms with van der Waals surface area (Å²) in [5.74, 6) is 0.837. The van der Waals surface area contributed by atoms with Gasteiger partial charge >= 0.3 is 0 Å². The quantitative estimate of drug-likeness (QED) is 0.760. The Morgan fingerprint density at radius 1 is 1.26 bits per heavy atom. The number of methoxy groups -OCH3 is 2. The van der Waals surface area contributed by atoms with Crippen molar-refractivity contribution in [2.24, 2.45) is 0 Å². The van der Waals surface area contributed by atoms with Crippen LogP contribution in [0, 0.1) is 0 Å². The van der Waals surface area contributed by atoms with Gasteiger partial charge in [0.05, 0.1) is 20.3 Å². The van der Waals surface area contributed by atoms with Crippen LogP contribution >= 0.6 is 0 Å². The van der Waals surface area contributed by atoms with E-state index >= 15 is 0 Å². The average molecular weight is 343 g/mol. The molecule has 1 saturated heterocycles. The summed E-state index contributed by atoms with van der Waals surface area (Å²) >= 11 is 0. The number of nitrogens with zero attached hydrogens (tertiary/aromatic N) is 1. The molecule has 0 bridgehead atoms. The SMILES string of the molecule is COc1ccc(S(=O)(=O)N(C)CCC2CCCCO2)c(OC)c1. The zero-order chi connectivity index (χ0) is 16.9. The molecule has 1 atom stereocenters. The Morgan fingerprint density at radius 3 is 2.65 bits per heavy atom. The Bertz CT molecular complexity index is 611. The average Bonchev–Trinajstić information content (AvgIpc) is 2.59. The molecule has 1 heterocycles. The van der Waals surface area contributed by atoms with Crippen molar-refractivity contribution in [1.82, 2.24) is 4.31 Å². The van der Waals surface area contributed by atoms with Gasteiger partial charge in [0.1, 0.15) is 16.4 Å². The van der Waals surface area contributed by atoms with Gasteiger partial charge in [-0.15, -0.1) is 0 Å². The number of rotatable bonds is 7. The van der Waals surface area contributed by atoms with Gasteiger partial charge in [-0.25, -0.2) is 12.7 Å². The van der Waals surface area contributed by atoms with Crippen LogP contribution in [0.1, 0.15) is 25.7 Å². The highest BCUT2D eigenvalue weighted by molar-refractivity contribution is 7.89. The van der Waals surface area contributed by atoms with Crippen molar-refractivity contribution in [3.63, 3.8) is 0 Å². The zero-order valence-corrected chi connectivity index (χ0v) is 14.8. The maximum Gasteiger partial charge on any atom is 0.246 e. The third-order valence-corrected chi connectivity index (χ3v) is 6.00. The summed E-state index contributed by atoms with van der Waals surface area (Å²) in [6.07, 6.45) is 4.09. The first-order chi connectivity index (χ1) is 11.0. The van der Waals surface area contributed by atoms with E-state index < -0.39 is 10.0 Å². The summed E-state index contributed by atoms with van der Waals surface area (Å²) in [7, 11) is 0.950. The smallest absolute Gasteiger partial charge is 0.246 e. The van der Waals surface area contributed by atoms with Gasteiger partial charge in [0.15, 0.2) is 0 Å². The van der Waals surface area contributed by atoms with E-state index in [2.05, 4.69) is 0 Å². The summed E-state index contributed by atoms with van der Waals surface area (Å²) in [6, 6.07) is 4.71. The van der Waals surface area contributed by atoms with Crippen molar-refractivity contribution >= 4 is 10.0 Å². The first kappa shape index (κ1) is 18.0. The highest BCUT2D eigenvalue weighted by Gasteiger charge is 2.26. The molecule has 1 fully saturated rings. The molecule has 0 aliphatic carbocycles. The fourth-order valence-corrected chi connectivity index (χ4v) is 3.95. The molecular weight excluding hydrogens is 318 g/mol. The minimum Gasteiger partial charge on any atom is -0.497 e. The van der Waals surface area contributed by atoms with Gasteiger partial charge in [0.2, 0.25) is 10.0 Å². The van der Waals surface area contributed by atoms with E-state index in [-0.39, 0.29) is 16.7 Å². The topological polar surface area (TPSA) is 65.1 Å². The zero-order valence-electron chi connectivity index (χ0n) is 13.9. The van der Waals surface area contributed by atoms with Gasteiger partial charge in [-0.05, 0) is 37.8 Å². The summed E-state index contributed by atoms with van der Waals surface area (Å²) in [6.45, 7) is 1.19. The van der Waals surface area contributed by atoms with E-state index in [0.717, 1.165) is 25.9 Å². The molecule has 1 aliphatic heterocycles. The maximum atomic E-state index is 12.7. The summed E-state index contributed by atoms with van der Waals surface area (Å²) in [4.78, 5) is 0.146. The van der Waals surface area contributed by atoms with Gasteiger partial charge in [-0.2, -0.15) is 0 Å². The summed E-state index contributed by atoms with van der Waals surface area (Å²) < 4.78 is 42.8. The molecule has 0 saturated carbocycles. The lowest BCUT2D eigenvalue weighted by molar-refractivity contribution is 0.00950. The first-order valence-corrected chi connectivity index (χ1v) is 9.23. The molecule has 1 aliphatic rings. The molecule has 23 heavy (non-hydrogen) atoms. The standard InChI is InChI=1S/C16H25NO5S/c1-17(10-9-13-6-4-5-11-22-13)23(18,19)16-8-7-14(20-2)12-15(16)21-3/h7-8,12-13H,4-6,9-11H2,1-3H3. The van der Waals surface area contributed by atoms with Gasteiger partial charge in [0.25, 0.3) is 0 Å². The molecule has 0 spiro atoms. The lowest BCUT2D eigenvalue weighted by atomic mass is 10.1. The molecular formula is C16H25NO5S. The molecule has 7 heteroatoms. The predicted molar refractivity (Wildman–Crippen MR) is 87.6 cm³/mol. The van der Waals surface area contributed by atoms with Crippen LogP contribution in [-0.2, 0) is 14.8 Å². The molecule has 0 aromatic heterocycles. The molecule has 2 rings (SSSR count). The molecule has 6 nitrogen and oxygen atoms in total. The Morgan fingerprint density at radius 2 is 2.04 bits per heavy atom. The van der Waals surface area contributed by atoms with E-state index in [1.807, 2.05) is 0 Å². The summed E-state index contributed by atoms with van der Waals surface area (Å²) in [5, 5.41) is 0. The predicted octanol–water partition coefficient (Wildman–Crippen LogP) is 2.28. The van der Waals surface area contributed by atoms with Crippen molar-refractivity contribution in [3.8, 4) is 11.5 Å². The number of hydrogen-bond acceptors (Lipinski definition) is 5. The lowest BCUT2D eigenvalue weighted by Gasteiger charge is -2.25. The Balaban J connectivity index is 2.10. The van der Waals surface area contributed by atoms with Crippen LogP contribution in [0.5, 0.6) is 11.5 Å². The van der Waals surface area contributed by atoms with Crippen LogP contribution in [-0.4, -0.2) is 53.2 Å². The number of sulfonamides is 1. The Kier molecular flexibility index (Phi) is 6.26. The minimum atomic E-state index is -3.61. The second-order valence-electron chi connectivity index (χ2n) is 5.62. The molecule has 0 radical (unpaired) electrons. The van der Waals surface area contributed by atoms with Gasteiger partial charge < -0.3 is 14.2 Å². The molecule has 1 unspecified atom stereocenters. The van der Waals surface area contributed by atoms with Gasteiger partial charge in [-0.3, -0.25) is 0 Å². The molecule has 130 valence electrons. The number of hydrogen-bond donors (Lipinski definition) is 0. The van der Waals surface area contributed by atoms with E-state index in [4.69, 9.17) is 14.2 Å². The van der Waals surface area contributed by atoms with Crippen LogP contribution in [0.15, 0.2) is 23.1 Å². The van der Waals surface area contributed by atoms with E-state index in [0.29, 0.717) is 18.7 Å². The van der Waals surface area contributed by atoms with Crippen molar-refractivity contribution in [1.29, 1.82) is 0 Å². The second kappa shape index (κ2) is 7.99. The molecule has 1 aromatic rings. The van der Waals surface area contributed by atoms with Crippen molar-refractivity contribution in [2.45, 2.75) is 36.7 Å². The summed E-state index contributed by atoms with van der Waals surface area (Å²) in [5.41, 5.74) is 0. The number of ether oxygens (including phenoxy) is 3. The molecule has 0 amide bonds. The number of benzene rings is 1. The Hall–Kier alpha value is -1.31. The second-order valence-corrected chi connectivity index (χ2v) is 7.63. The van der Waals surface area contributed by atoms with Crippen LogP contribution in [0.2, 0.25) is 0 Å². The lowest BCUT2D eigenvalue weighted by Crippen LogP contribution is -2.31. The minimum absolute atomic E-state index is 0.146. The van der Waals surface area contributed by atoms with Crippen molar-refractivity contribution < 1.29 is 22.6 Å².